The Bertz CT molecular complexity index is 477. The van der Waals surface area contributed by atoms with Crippen molar-refractivity contribution < 1.29 is 23.0 Å². The fourth-order valence-electron chi connectivity index (χ4n) is 1.88. The molecule has 1 aromatic rings. The maximum atomic E-state index is 12.3. The molecule has 0 atom stereocenters. The molecule has 1 saturated heterocycles. The number of hydrazone groups is 1. The zero-order valence-electron chi connectivity index (χ0n) is 11.8. The predicted molar refractivity (Wildman–Crippen MR) is 74.2 cm³/mol. The van der Waals surface area contributed by atoms with E-state index in [1.54, 1.807) is 25.3 Å². The molecule has 5 nitrogen and oxygen atoms in total. The highest BCUT2D eigenvalue weighted by Crippen LogP contribution is 2.29. The number of alkyl halides is 2. The molecule has 0 N–H and O–H groups in total. The van der Waals surface area contributed by atoms with Gasteiger partial charge in [-0.15, -0.1) is 0 Å². The second kappa shape index (κ2) is 7.78. The molecule has 1 fully saturated rings. The fourth-order valence-corrected chi connectivity index (χ4v) is 1.88. The van der Waals surface area contributed by atoms with Crippen LogP contribution in [0.2, 0.25) is 0 Å². The Hall–Kier alpha value is -1.89. The summed E-state index contributed by atoms with van der Waals surface area (Å²) in [6.07, 6.45) is 1.67. The molecule has 0 aliphatic carbocycles. The maximum absolute atomic E-state index is 12.3. The van der Waals surface area contributed by atoms with E-state index < -0.39 is 6.61 Å². The number of rotatable bonds is 6. The number of halogens is 2. The summed E-state index contributed by atoms with van der Waals surface area (Å²) in [7, 11) is 0. The molecule has 116 valence electrons. The standard InChI is InChI=1S/C14H18F2N2O3/c1-2-20-13-9-11(3-4-12(13)21-14(15)16)10-17-18-5-7-19-8-6-18/h3-4,9-10,14H,2,5-8H2,1H3. The van der Waals surface area contributed by atoms with Crippen LogP contribution in [0.1, 0.15) is 12.5 Å². The van der Waals surface area contributed by atoms with Gasteiger partial charge in [-0.05, 0) is 30.7 Å². The van der Waals surface area contributed by atoms with Crippen LogP contribution in [0, 0.1) is 0 Å². The molecule has 0 spiro atoms. The predicted octanol–water partition coefficient (Wildman–Crippen LogP) is 2.35. The Morgan fingerprint density at radius 1 is 1.33 bits per heavy atom. The molecule has 0 amide bonds. The lowest BCUT2D eigenvalue weighted by Crippen LogP contribution is -2.32. The van der Waals surface area contributed by atoms with Gasteiger partial charge in [0.2, 0.25) is 0 Å². The second-order valence-corrected chi connectivity index (χ2v) is 4.33. The fraction of sp³-hybridized carbons (Fsp3) is 0.500. The Balaban J connectivity index is 2.08. The van der Waals surface area contributed by atoms with Gasteiger partial charge in [0, 0.05) is 0 Å². The molecular formula is C14H18F2N2O3. The highest BCUT2D eigenvalue weighted by molar-refractivity contribution is 5.80. The third-order valence-electron chi connectivity index (χ3n) is 2.84. The first-order chi connectivity index (χ1) is 10.2. The van der Waals surface area contributed by atoms with Crippen LogP contribution in [0.4, 0.5) is 8.78 Å². The number of benzene rings is 1. The van der Waals surface area contributed by atoms with Crippen LogP contribution in [-0.2, 0) is 4.74 Å². The minimum Gasteiger partial charge on any atom is -0.490 e. The molecular weight excluding hydrogens is 282 g/mol. The maximum Gasteiger partial charge on any atom is 0.387 e. The van der Waals surface area contributed by atoms with E-state index in [-0.39, 0.29) is 11.5 Å². The van der Waals surface area contributed by atoms with Gasteiger partial charge in [-0.2, -0.15) is 13.9 Å². The van der Waals surface area contributed by atoms with E-state index in [9.17, 15) is 8.78 Å². The van der Waals surface area contributed by atoms with Gasteiger partial charge in [0.25, 0.3) is 0 Å². The average molecular weight is 300 g/mol. The van der Waals surface area contributed by atoms with Crippen molar-refractivity contribution in [3.05, 3.63) is 23.8 Å². The minimum atomic E-state index is -2.88. The van der Waals surface area contributed by atoms with E-state index in [0.717, 1.165) is 18.7 Å². The van der Waals surface area contributed by atoms with E-state index in [4.69, 9.17) is 9.47 Å². The SMILES string of the molecule is CCOc1cc(C=NN2CCOCC2)ccc1OC(F)F. The minimum absolute atomic E-state index is 0.0235. The van der Waals surface area contributed by atoms with Crippen molar-refractivity contribution in [2.75, 3.05) is 32.9 Å². The lowest BCUT2D eigenvalue weighted by atomic mass is 10.2. The Kier molecular flexibility index (Phi) is 5.74. The monoisotopic (exact) mass is 300 g/mol. The number of hydrogen-bond donors (Lipinski definition) is 0. The van der Waals surface area contributed by atoms with Crippen molar-refractivity contribution in [2.24, 2.45) is 5.10 Å². The van der Waals surface area contributed by atoms with Crippen LogP contribution in [0.15, 0.2) is 23.3 Å². The van der Waals surface area contributed by atoms with Crippen molar-refractivity contribution in [1.29, 1.82) is 0 Å². The summed E-state index contributed by atoms with van der Waals surface area (Å²) < 4.78 is 39.6. The largest absolute Gasteiger partial charge is 0.490 e. The van der Waals surface area contributed by atoms with Crippen LogP contribution < -0.4 is 9.47 Å². The molecule has 0 saturated carbocycles. The van der Waals surface area contributed by atoms with Crippen molar-refractivity contribution >= 4 is 6.21 Å². The normalized spacial score (nSPS) is 15.7. The molecule has 0 aromatic heterocycles. The average Bonchev–Trinajstić information content (AvgIpc) is 2.48. The zero-order chi connectivity index (χ0) is 15.1. The molecule has 1 aliphatic heterocycles. The Morgan fingerprint density at radius 3 is 2.76 bits per heavy atom. The van der Waals surface area contributed by atoms with Crippen LogP contribution in [0.3, 0.4) is 0 Å². The Labute approximate surface area is 122 Å². The van der Waals surface area contributed by atoms with Crippen LogP contribution in [0.5, 0.6) is 11.5 Å². The molecule has 1 aliphatic rings. The summed E-state index contributed by atoms with van der Waals surface area (Å²) in [6, 6.07) is 4.74. The lowest BCUT2D eigenvalue weighted by molar-refractivity contribution is -0.0514. The van der Waals surface area contributed by atoms with Gasteiger partial charge < -0.3 is 14.2 Å². The second-order valence-electron chi connectivity index (χ2n) is 4.33. The van der Waals surface area contributed by atoms with Gasteiger partial charge in [0.1, 0.15) is 0 Å². The van der Waals surface area contributed by atoms with E-state index in [0.29, 0.717) is 19.8 Å². The molecule has 1 aromatic carbocycles. The molecule has 21 heavy (non-hydrogen) atoms. The summed E-state index contributed by atoms with van der Waals surface area (Å²) in [6.45, 7) is 2.05. The van der Waals surface area contributed by atoms with E-state index in [2.05, 4.69) is 9.84 Å². The van der Waals surface area contributed by atoms with Crippen LogP contribution >= 0.6 is 0 Å². The van der Waals surface area contributed by atoms with Crippen molar-refractivity contribution in [3.8, 4) is 11.5 Å². The van der Waals surface area contributed by atoms with Crippen LogP contribution in [-0.4, -0.2) is 50.7 Å². The molecule has 0 unspecified atom stereocenters. The summed E-state index contributed by atoms with van der Waals surface area (Å²) in [5.74, 6) is 0.305. The molecule has 0 bridgehead atoms. The quantitative estimate of drug-likeness (QED) is 0.756. The van der Waals surface area contributed by atoms with Crippen molar-refractivity contribution in [1.82, 2.24) is 5.01 Å². The third kappa shape index (κ3) is 4.86. The van der Waals surface area contributed by atoms with Gasteiger partial charge in [0.05, 0.1) is 39.1 Å². The summed E-state index contributed by atoms with van der Waals surface area (Å²) in [5.41, 5.74) is 0.756. The third-order valence-corrected chi connectivity index (χ3v) is 2.84. The van der Waals surface area contributed by atoms with Gasteiger partial charge in [-0.25, -0.2) is 0 Å². The lowest BCUT2D eigenvalue weighted by Gasteiger charge is -2.23. The summed E-state index contributed by atoms with van der Waals surface area (Å²) >= 11 is 0. The first kappa shape index (κ1) is 15.5. The van der Waals surface area contributed by atoms with Gasteiger partial charge in [-0.1, -0.05) is 0 Å². The molecule has 1 heterocycles. The van der Waals surface area contributed by atoms with E-state index >= 15 is 0 Å². The number of morpholine rings is 1. The van der Waals surface area contributed by atoms with Gasteiger partial charge >= 0.3 is 6.61 Å². The van der Waals surface area contributed by atoms with E-state index in [1.807, 2.05) is 5.01 Å². The number of hydrogen-bond acceptors (Lipinski definition) is 5. The smallest absolute Gasteiger partial charge is 0.387 e. The summed E-state index contributed by atoms with van der Waals surface area (Å²) in [4.78, 5) is 0. The highest BCUT2D eigenvalue weighted by Gasteiger charge is 2.11. The molecule has 0 radical (unpaired) electrons. The number of ether oxygens (including phenoxy) is 3. The van der Waals surface area contributed by atoms with Gasteiger partial charge in [-0.3, -0.25) is 5.01 Å². The molecule has 2 rings (SSSR count). The number of nitrogens with zero attached hydrogens (tertiary/aromatic N) is 2. The van der Waals surface area contributed by atoms with Gasteiger partial charge in [0.15, 0.2) is 11.5 Å². The van der Waals surface area contributed by atoms with E-state index in [1.165, 1.54) is 6.07 Å². The molecule has 7 heteroatoms. The zero-order valence-corrected chi connectivity index (χ0v) is 11.8. The highest BCUT2D eigenvalue weighted by atomic mass is 19.3. The summed E-state index contributed by atoms with van der Waals surface area (Å²) in [5, 5.41) is 6.23. The van der Waals surface area contributed by atoms with Crippen LogP contribution in [0.25, 0.3) is 0 Å². The first-order valence-corrected chi connectivity index (χ1v) is 6.77. The van der Waals surface area contributed by atoms with Crippen molar-refractivity contribution in [2.45, 2.75) is 13.5 Å². The topological polar surface area (TPSA) is 43.3 Å². The first-order valence-electron chi connectivity index (χ1n) is 6.77. The Morgan fingerprint density at radius 2 is 2.10 bits per heavy atom. The van der Waals surface area contributed by atoms with Crippen molar-refractivity contribution in [3.63, 3.8) is 0 Å².